The topological polar surface area (TPSA) is 38.0 Å². The van der Waals surface area contributed by atoms with Crippen molar-refractivity contribution < 1.29 is 0 Å². The van der Waals surface area contributed by atoms with Gasteiger partial charge in [0, 0.05) is 23.7 Å². The first-order chi connectivity index (χ1) is 7.20. The first kappa shape index (κ1) is 10.9. The summed E-state index contributed by atoms with van der Waals surface area (Å²) >= 11 is 6.10. The molecule has 0 amide bonds. The van der Waals surface area contributed by atoms with Gasteiger partial charge in [-0.1, -0.05) is 23.7 Å². The Kier molecular flexibility index (Phi) is 3.29. The third-order valence-electron chi connectivity index (χ3n) is 2.85. The van der Waals surface area contributed by atoms with E-state index in [0.29, 0.717) is 12.6 Å². The van der Waals surface area contributed by atoms with E-state index in [4.69, 9.17) is 17.3 Å². The third kappa shape index (κ3) is 2.71. The van der Waals surface area contributed by atoms with Crippen LogP contribution in [0.1, 0.15) is 30.0 Å². The molecule has 1 fully saturated rings. The summed E-state index contributed by atoms with van der Waals surface area (Å²) in [7, 11) is 0. The van der Waals surface area contributed by atoms with Crippen molar-refractivity contribution in [1.82, 2.24) is 5.32 Å². The lowest BCUT2D eigenvalue weighted by atomic mass is 10.1. The molecule has 1 aliphatic rings. The van der Waals surface area contributed by atoms with Crippen LogP contribution >= 0.6 is 11.6 Å². The van der Waals surface area contributed by atoms with Gasteiger partial charge in [-0.25, -0.2) is 0 Å². The van der Waals surface area contributed by atoms with Gasteiger partial charge >= 0.3 is 0 Å². The minimum atomic E-state index is 0.246. The van der Waals surface area contributed by atoms with Crippen LogP contribution < -0.4 is 11.1 Å². The second-order valence-electron chi connectivity index (χ2n) is 4.24. The van der Waals surface area contributed by atoms with Crippen LogP contribution in [-0.4, -0.2) is 12.6 Å². The van der Waals surface area contributed by atoms with Gasteiger partial charge in [0.2, 0.25) is 0 Å². The van der Waals surface area contributed by atoms with Crippen LogP contribution in [0, 0.1) is 6.92 Å². The zero-order valence-corrected chi connectivity index (χ0v) is 9.72. The van der Waals surface area contributed by atoms with Gasteiger partial charge in [-0.2, -0.15) is 0 Å². The highest BCUT2D eigenvalue weighted by atomic mass is 35.5. The van der Waals surface area contributed by atoms with Crippen molar-refractivity contribution in [2.24, 2.45) is 5.73 Å². The van der Waals surface area contributed by atoms with Gasteiger partial charge in [-0.05, 0) is 37.0 Å². The van der Waals surface area contributed by atoms with Crippen molar-refractivity contribution in [3.63, 3.8) is 0 Å². The Morgan fingerprint density at radius 2 is 2.27 bits per heavy atom. The smallest absolute Gasteiger partial charge is 0.0447 e. The number of benzene rings is 1. The number of hydrogen-bond acceptors (Lipinski definition) is 2. The summed E-state index contributed by atoms with van der Waals surface area (Å²) in [4.78, 5) is 0. The Labute approximate surface area is 95.8 Å². The first-order valence-electron chi connectivity index (χ1n) is 5.43. The number of aryl methyl sites for hydroxylation is 1. The Balaban J connectivity index is 2.13. The second-order valence-corrected chi connectivity index (χ2v) is 4.65. The SMILES string of the molecule is Cc1ccc(C(CN)NC2CC2)cc1Cl. The third-order valence-corrected chi connectivity index (χ3v) is 3.26. The normalized spacial score (nSPS) is 17.8. The average molecular weight is 225 g/mol. The molecular formula is C12H17ClN2. The molecule has 0 radical (unpaired) electrons. The summed E-state index contributed by atoms with van der Waals surface area (Å²) in [5.41, 5.74) is 8.07. The van der Waals surface area contributed by atoms with E-state index in [1.165, 1.54) is 18.4 Å². The summed E-state index contributed by atoms with van der Waals surface area (Å²) in [6.07, 6.45) is 2.55. The van der Waals surface area contributed by atoms with E-state index in [9.17, 15) is 0 Å². The molecular weight excluding hydrogens is 208 g/mol. The molecule has 3 N–H and O–H groups in total. The molecule has 3 heteroatoms. The van der Waals surface area contributed by atoms with Crippen molar-refractivity contribution in [3.05, 3.63) is 34.3 Å². The summed E-state index contributed by atoms with van der Waals surface area (Å²) < 4.78 is 0. The van der Waals surface area contributed by atoms with Crippen molar-refractivity contribution >= 4 is 11.6 Å². The van der Waals surface area contributed by atoms with Gasteiger partial charge in [-0.15, -0.1) is 0 Å². The van der Waals surface area contributed by atoms with Crippen LogP contribution in [0.2, 0.25) is 5.02 Å². The average Bonchev–Trinajstić information content (AvgIpc) is 3.02. The second kappa shape index (κ2) is 4.52. The van der Waals surface area contributed by atoms with Crippen LogP contribution in [0.3, 0.4) is 0 Å². The predicted molar refractivity (Wildman–Crippen MR) is 64.1 cm³/mol. The monoisotopic (exact) mass is 224 g/mol. The van der Waals surface area contributed by atoms with E-state index in [0.717, 1.165) is 10.6 Å². The van der Waals surface area contributed by atoms with Gasteiger partial charge < -0.3 is 11.1 Å². The fourth-order valence-corrected chi connectivity index (χ4v) is 1.85. The largest absolute Gasteiger partial charge is 0.329 e. The number of nitrogens with one attached hydrogen (secondary N) is 1. The standard InChI is InChI=1S/C12H17ClN2/c1-8-2-3-9(6-11(8)13)12(7-14)15-10-4-5-10/h2-3,6,10,12,15H,4-5,7,14H2,1H3. The Morgan fingerprint density at radius 3 is 2.80 bits per heavy atom. The Morgan fingerprint density at radius 1 is 1.53 bits per heavy atom. The van der Waals surface area contributed by atoms with Crippen LogP contribution in [0.5, 0.6) is 0 Å². The molecule has 2 nitrogen and oxygen atoms in total. The molecule has 1 aromatic carbocycles. The zero-order chi connectivity index (χ0) is 10.8. The van der Waals surface area contributed by atoms with Crippen molar-refractivity contribution in [1.29, 1.82) is 0 Å². The fourth-order valence-electron chi connectivity index (χ4n) is 1.66. The summed E-state index contributed by atoms with van der Waals surface area (Å²) in [5, 5.41) is 4.34. The molecule has 0 aromatic heterocycles. The van der Waals surface area contributed by atoms with E-state index in [1.54, 1.807) is 0 Å². The molecule has 15 heavy (non-hydrogen) atoms. The predicted octanol–water partition coefficient (Wildman–Crippen LogP) is 2.40. The lowest BCUT2D eigenvalue weighted by molar-refractivity contribution is 0.539. The molecule has 1 unspecified atom stereocenters. The molecule has 82 valence electrons. The quantitative estimate of drug-likeness (QED) is 0.825. The molecule has 2 rings (SSSR count). The van der Waals surface area contributed by atoms with Crippen LogP contribution in [0.4, 0.5) is 0 Å². The van der Waals surface area contributed by atoms with E-state index in [1.807, 2.05) is 13.0 Å². The zero-order valence-electron chi connectivity index (χ0n) is 8.96. The Bertz CT molecular complexity index is 347. The van der Waals surface area contributed by atoms with E-state index >= 15 is 0 Å². The van der Waals surface area contributed by atoms with Gasteiger partial charge in [0.05, 0.1) is 0 Å². The summed E-state index contributed by atoms with van der Waals surface area (Å²) in [6.45, 7) is 2.63. The molecule has 1 aromatic rings. The van der Waals surface area contributed by atoms with Gasteiger partial charge in [0.25, 0.3) is 0 Å². The highest BCUT2D eigenvalue weighted by Crippen LogP contribution is 2.26. The molecule has 0 aliphatic heterocycles. The lowest BCUT2D eigenvalue weighted by Crippen LogP contribution is -2.29. The first-order valence-corrected chi connectivity index (χ1v) is 5.80. The van der Waals surface area contributed by atoms with Crippen LogP contribution in [0.25, 0.3) is 0 Å². The highest BCUT2D eigenvalue weighted by molar-refractivity contribution is 6.31. The summed E-state index contributed by atoms with van der Waals surface area (Å²) in [5.74, 6) is 0. The van der Waals surface area contributed by atoms with Gasteiger partial charge in [-0.3, -0.25) is 0 Å². The van der Waals surface area contributed by atoms with Crippen LogP contribution in [0.15, 0.2) is 18.2 Å². The number of halogens is 1. The molecule has 0 spiro atoms. The minimum Gasteiger partial charge on any atom is -0.329 e. The minimum absolute atomic E-state index is 0.246. The molecule has 0 bridgehead atoms. The van der Waals surface area contributed by atoms with Gasteiger partial charge in [0.15, 0.2) is 0 Å². The van der Waals surface area contributed by atoms with Crippen molar-refractivity contribution in [2.75, 3.05) is 6.54 Å². The van der Waals surface area contributed by atoms with Crippen molar-refractivity contribution in [2.45, 2.75) is 31.8 Å². The number of rotatable bonds is 4. The van der Waals surface area contributed by atoms with Crippen molar-refractivity contribution in [3.8, 4) is 0 Å². The lowest BCUT2D eigenvalue weighted by Gasteiger charge is -2.17. The molecule has 1 aliphatic carbocycles. The molecule has 1 saturated carbocycles. The molecule has 1 atom stereocenters. The Hall–Kier alpha value is -0.570. The maximum Gasteiger partial charge on any atom is 0.0447 e. The number of hydrogen-bond donors (Lipinski definition) is 2. The van der Waals surface area contributed by atoms with E-state index in [2.05, 4.69) is 17.4 Å². The maximum atomic E-state index is 6.10. The maximum absolute atomic E-state index is 6.10. The number of nitrogens with two attached hydrogens (primary N) is 1. The fraction of sp³-hybridized carbons (Fsp3) is 0.500. The van der Waals surface area contributed by atoms with E-state index < -0.39 is 0 Å². The molecule has 0 saturated heterocycles. The summed E-state index contributed by atoms with van der Waals surface area (Å²) in [6, 6.07) is 7.08. The highest BCUT2D eigenvalue weighted by Gasteiger charge is 2.24. The molecule has 0 heterocycles. The van der Waals surface area contributed by atoms with E-state index in [-0.39, 0.29) is 6.04 Å². The van der Waals surface area contributed by atoms with Gasteiger partial charge in [0.1, 0.15) is 0 Å². The van der Waals surface area contributed by atoms with Crippen LogP contribution in [-0.2, 0) is 0 Å².